The highest BCUT2D eigenvalue weighted by Gasteiger charge is 2.50. The third-order valence-corrected chi connectivity index (χ3v) is 7.58. The van der Waals surface area contributed by atoms with E-state index < -0.39 is 0 Å². The number of benzene rings is 1. The predicted octanol–water partition coefficient (Wildman–Crippen LogP) is 3.64. The SMILES string of the molecule is CC1(C)CC=C2SC(N3CCOCC3)C(C(=O)NCc3ccccc3)C2C1. The standard InChI is InChI=1S/C22H30N2O2S/c1-22(2)9-8-18-17(14-22)19(21(27-18)24-10-12-26-13-11-24)20(25)23-15-16-6-4-3-5-7-16/h3-8,17,19,21H,9-15H2,1-2H3,(H,23,25). The minimum absolute atomic E-state index is 0.0163. The van der Waals surface area contributed by atoms with Crippen LogP contribution in [0.3, 0.4) is 0 Å². The van der Waals surface area contributed by atoms with E-state index >= 15 is 0 Å². The number of hydrogen-bond donors (Lipinski definition) is 1. The Bertz CT molecular complexity index is 698. The minimum atomic E-state index is 0.0163. The van der Waals surface area contributed by atoms with Crippen LogP contribution in [-0.4, -0.2) is 42.5 Å². The quantitative estimate of drug-likeness (QED) is 0.858. The van der Waals surface area contributed by atoms with E-state index in [4.69, 9.17) is 4.74 Å². The number of hydrogen-bond acceptors (Lipinski definition) is 4. The van der Waals surface area contributed by atoms with Crippen LogP contribution >= 0.6 is 11.8 Å². The van der Waals surface area contributed by atoms with Crippen molar-refractivity contribution in [2.24, 2.45) is 17.3 Å². The van der Waals surface area contributed by atoms with Gasteiger partial charge < -0.3 is 10.1 Å². The van der Waals surface area contributed by atoms with Gasteiger partial charge >= 0.3 is 0 Å². The van der Waals surface area contributed by atoms with Gasteiger partial charge in [-0.15, -0.1) is 11.8 Å². The van der Waals surface area contributed by atoms with Crippen molar-refractivity contribution in [3.05, 3.63) is 46.9 Å². The van der Waals surface area contributed by atoms with Crippen LogP contribution in [0.5, 0.6) is 0 Å². The van der Waals surface area contributed by atoms with Gasteiger partial charge in [-0.3, -0.25) is 9.69 Å². The number of nitrogens with zero attached hydrogens (tertiary/aromatic N) is 1. The van der Waals surface area contributed by atoms with Crippen LogP contribution < -0.4 is 5.32 Å². The molecule has 5 heteroatoms. The molecule has 2 heterocycles. The van der Waals surface area contributed by atoms with Gasteiger partial charge in [-0.1, -0.05) is 50.3 Å². The van der Waals surface area contributed by atoms with E-state index in [1.807, 2.05) is 30.0 Å². The summed E-state index contributed by atoms with van der Waals surface area (Å²) in [7, 11) is 0. The first-order valence-electron chi connectivity index (χ1n) is 10.0. The lowest BCUT2D eigenvalue weighted by Gasteiger charge is -2.37. The Morgan fingerprint density at radius 1 is 1.26 bits per heavy atom. The summed E-state index contributed by atoms with van der Waals surface area (Å²) in [6, 6.07) is 10.2. The molecule has 3 aliphatic rings. The third-order valence-electron chi connectivity index (χ3n) is 6.01. The van der Waals surface area contributed by atoms with Crippen molar-refractivity contribution in [3.8, 4) is 0 Å². The minimum Gasteiger partial charge on any atom is -0.379 e. The van der Waals surface area contributed by atoms with E-state index in [-0.39, 0.29) is 22.6 Å². The monoisotopic (exact) mass is 386 g/mol. The molecule has 1 aromatic carbocycles. The molecule has 2 saturated heterocycles. The molecule has 3 unspecified atom stereocenters. The van der Waals surface area contributed by atoms with Crippen LogP contribution in [0.25, 0.3) is 0 Å². The summed E-state index contributed by atoms with van der Waals surface area (Å²) in [5.41, 5.74) is 1.42. The average molecular weight is 387 g/mol. The van der Waals surface area contributed by atoms with Crippen molar-refractivity contribution in [1.82, 2.24) is 10.2 Å². The smallest absolute Gasteiger partial charge is 0.226 e. The van der Waals surface area contributed by atoms with E-state index in [1.54, 1.807) is 0 Å². The molecule has 146 valence electrons. The van der Waals surface area contributed by atoms with Crippen molar-refractivity contribution >= 4 is 17.7 Å². The lowest BCUT2D eigenvalue weighted by molar-refractivity contribution is -0.128. The number of nitrogens with one attached hydrogen (secondary N) is 1. The molecule has 1 aromatic rings. The van der Waals surface area contributed by atoms with Crippen LogP contribution in [-0.2, 0) is 16.1 Å². The van der Waals surface area contributed by atoms with Crippen molar-refractivity contribution in [3.63, 3.8) is 0 Å². The molecule has 1 N–H and O–H groups in total. The summed E-state index contributed by atoms with van der Waals surface area (Å²) in [5.74, 6) is 0.568. The molecule has 0 spiro atoms. The second-order valence-corrected chi connectivity index (χ2v) is 9.86. The van der Waals surface area contributed by atoms with Crippen molar-refractivity contribution in [2.75, 3.05) is 26.3 Å². The molecular weight excluding hydrogens is 356 g/mol. The summed E-state index contributed by atoms with van der Waals surface area (Å²) in [6.45, 7) is 8.63. The molecule has 2 fully saturated rings. The molecule has 0 bridgehead atoms. The summed E-state index contributed by atoms with van der Waals surface area (Å²) < 4.78 is 5.55. The Labute approximate surface area is 166 Å². The van der Waals surface area contributed by atoms with Crippen LogP contribution in [0.4, 0.5) is 0 Å². The normalized spacial score (nSPS) is 30.4. The summed E-state index contributed by atoms with van der Waals surface area (Å²) in [4.78, 5) is 17.2. The van der Waals surface area contributed by atoms with Crippen LogP contribution in [0.1, 0.15) is 32.3 Å². The molecule has 0 saturated carbocycles. The Morgan fingerprint density at radius 3 is 2.74 bits per heavy atom. The second-order valence-electron chi connectivity index (χ2n) is 8.67. The lowest BCUT2D eigenvalue weighted by atomic mass is 9.71. The van der Waals surface area contributed by atoms with Crippen molar-refractivity contribution < 1.29 is 9.53 Å². The van der Waals surface area contributed by atoms with E-state index in [0.29, 0.717) is 12.5 Å². The first-order valence-corrected chi connectivity index (χ1v) is 10.9. The Hall–Kier alpha value is -1.30. The number of amides is 1. The highest BCUT2D eigenvalue weighted by molar-refractivity contribution is 8.04. The number of carbonyl (C=O) groups is 1. The van der Waals surface area contributed by atoms with Gasteiger partial charge in [0.2, 0.25) is 5.91 Å². The summed E-state index contributed by atoms with van der Waals surface area (Å²) in [6.07, 6.45) is 4.60. The maximum atomic E-state index is 13.3. The van der Waals surface area contributed by atoms with Gasteiger partial charge in [0.05, 0.1) is 24.5 Å². The van der Waals surface area contributed by atoms with E-state index in [2.05, 4.69) is 42.3 Å². The largest absolute Gasteiger partial charge is 0.379 e. The molecule has 2 aliphatic heterocycles. The molecule has 4 rings (SSSR count). The van der Waals surface area contributed by atoms with Gasteiger partial charge in [-0.25, -0.2) is 0 Å². The topological polar surface area (TPSA) is 41.6 Å². The number of thioether (sulfide) groups is 1. The van der Waals surface area contributed by atoms with Gasteiger partial charge in [0.15, 0.2) is 0 Å². The van der Waals surface area contributed by atoms with Gasteiger partial charge in [-0.05, 0) is 28.7 Å². The van der Waals surface area contributed by atoms with E-state index in [1.165, 1.54) is 4.91 Å². The van der Waals surface area contributed by atoms with Gasteiger partial charge in [0, 0.05) is 25.6 Å². The van der Waals surface area contributed by atoms with E-state index in [0.717, 1.165) is 44.7 Å². The molecule has 27 heavy (non-hydrogen) atoms. The first-order chi connectivity index (χ1) is 13.0. The predicted molar refractivity (Wildman–Crippen MR) is 110 cm³/mol. The Kier molecular flexibility index (Phi) is 5.62. The average Bonchev–Trinajstić information content (AvgIpc) is 3.05. The molecular formula is C22H30N2O2S. The zero-order valence-electron chi connectivity index (χ0n) is 16.3. The molecule has 0 aromatic heterocycles. The third kappa shape index (κ3) is 4.25. The second kappa shape index (κ2) is 7.98. The number of morpholine rings is 1. The van der Waals surface area contributed by atoms with Crippen LogP contribution in [0.2, 0.25) is 0 Å². The fourth-order valence-electron chi connectivity index (χ4n) is 4.51. The Balaban J connectivity index is 1.53. The maximum absolute atomic E-state index is 13.3. The summed E-state index contributed by atoms with van der Waals surface area (Å²) >= 11 is 1.93. The molecule has 1 aliphatic carbocycles. The highest BCUT2D eigenvalue weighted by atomic mass is 32.2. The van der Waals surface area contributed by atoms with Gasteiger partial charge in [0.1, 0.15) is 0 Å². The molecule has 4 nitrogen and oxygen atoms in total. The molecule has 0 radical (unpaired) electrons. The number of carbonyl (C=O) groups excluding carboxylic acids is 1. The van der Waals surface area contributed by atoms with Crippen LogP contribution in [0, 0.1) is 17.3 Å². The zero-order valence-corrected chi connectivity index (χ0v) is 17.1. The fourth-order valence-corrected chi connectivity index (χ4v) is 6.19. The van der Waals surface area contributed by atoms with Crippen molar-refractivity contribution in [1.29, 1.82) is 0 Å². The Morgan fingerprint density at radius 2 is 2.00 bits per heavy atom. The lowest BCUT2D eigenvalue weighted by Crippen LogP contribution is -2.49. The molecule has 3 atom stereocenters. The van der Waals surface area contributed by atoms with Gasteiger partial charge in [-0.2, -0.15) is 0 Å². The molecule has 1 amide bonds. The highest BCUT2D eigenvalue weighted by Crippen LogP contribution is 2.55. The summed E-state index contributed by atoms with van der Waals surface area (Å²) in [5, 5.41) is 3.46. The number of fused-ring (bicyclic) bond motifs is 1. The van der Waals surface area contributed by atoms with E-state index in [9.17, 15) is 4.79 Å². The van der Waals surface area contributed by atoms with Crippen LogP contribution in [0.15, 0.2) is 41.3 Å². The number of rotatable bonds is 4. The maximum Gasteiger partial charge on any atom is 0.226 e. The number of allylic oxidation sites excluding steroid dienone is 2. The first kappa shape index (κ1) is 19.0. The van der Waals surface area contributed by atoms with Crippen molar-refractivity contribution in [2.45, 2.75) is 38.6 Å². The fraction of sp³-hybridized carbons (Fsp3) is 0.591. The van der Waals surface area contributed by atoms with Gasteiger partial charge in [0.25, 0.3) is 0 Å². The zero-order chi connectivity index (χ0) is 18.9. The number of ether oxygens (including phenoxy) is 1.